The lowest BCUT2D eigenvalue weighted by atomic mass is 10.1. The van der Waals surface area contributed by atoms with Crippen LogP contribution in [0.25, 0.3) is 11.4 Å². The molecule has 0 aliphatic carbocycles. The van der Waals surface area contributed by atoms with Gasteiger partial charge >= 0.3 is 0 Å². The number of nitrogens with one attached hydrogen (secondary N) is 1. The Balaban J connectivity index is 1.73. The molecule has 0 saturated carbocycles. The van der Waals surface area contributed by atoms with Crippen molar-refractivity contribution in [2.24, 2.45) is 0 Å². The lowest BCUT2D eigenvalue weighted by Gasteiger charge is -2.11. The van der Waals surface area contributed by atoms with E-state index in [9.17, 15) is 9.18 Å². The van der Waals surface area contributed by atoms with Gasteiger partial charge in [0.15, 0.2) is 0 Å². The predicted octanol–water partition coefficient (Wildman–Crippen LogP) is 3.70. The quantitative estimate of drug-likeness (QED) is 0.756. The van der Waals surface area contributed by atoms with Crippen molar-refractivity contribution < 1.29 is 9.18 Å². The number of aromatic nitrogens is 4. The number of tetrazole rings is 1. The number of carbonyl (C=O) groups is 1. The first-order valence-corrected chi connectivity index (χ1v) is 8.32. The molecular formula is C18H17ClFN5O. The van der Waals surface area contributed by atoms with Crippen molar-refractivity contribution in [3.8, 4) is 11.4 Å². The highest BCUT2D eigenvalue weighted by atomic mass is 35.5. The fourth-order valence-corrected chi connectivity index (χ4v) is 2.96. The summed E-state index contributed by atoms with van der Waals surface area (Å²) >= 11 is 6.20. The summed E-state index contributed by atoms with van der Waals surface area (Å²) < 4.78 is 13.4. The third-order valence-corrected chi connectivity index (χ3v) is 4.15. The molecule has 6 nitrogen and oxygen atoms in total. The van der Waals surface area contributed by atoms with Crippen LogP contribution in [0.5, 0.6) is 0 Å². The topological polar surface area (TPSA) is 72.7 Å². The highest BCUT2D eigenvalue weighted by Gasteiger charge is 2.13. The molecule has 0 radical (unpaired) electrons. The number of benzene rings is 2. The van der Waals surface area contributed by atoms with Crippen LogP contribution < -0.4 is 5.32 Å². The van der Waals surface area contributed by atoms with Gasteiger partial charge in [-0.05, 0) is 66.9 Å². The normalized spacial score (nSPS) is 10.8. The lowest BCUT2D eigenvalue weighted by Crippen LogP contribution is -2.21. The molecule has 1 N–H and O–H groups in total. The zero-order valence-corrected chi connectivity index (χ0v) is 15.3. The number of rotatable bonds is 4. The van der Waals surface area contributed by atoms with E-state index in [4.69, 9.17) is 11.6 Å². The van der Waals surface area contributed by atoms with Gasteiger partial charge in [0.2, 0.25) is 11.7 Å². The molecule has 3 rings (SSSR count). The van der Waals surface area contributed by atoms with Crippen molar-refractivity contribution in [2.45, 2.75) is 27.3 Å². The number of anilines is 1. The molecule has 0 spiro atoms. The van der Waals surface area contributed by atoms with Crippen molar-refractivity contribution in [2.75, 3.05) is 5.32 Å². The Hall–Kier alpha value is -2.80. The molecule has 8 heteroatoms. The minimum atomic E-state index is -0.321. The summed E-state index contributed by atoms with van der Waals surface area (Å²) in [6.07, 6.45) is 0. The van der Waals surface area contributed by atoms with Crippen LogP contribution in [-0.4, -0.2) is 26.1 Å². The van der Waals surface area contributed by atoms with E-state index >= 15 is 0 Å². The van der Waals surface area contributed by atoms with E-state index < -0.39 is 0 Å². The van der Waals surface area contributed by atoms with Crippen LogP contribution in [0.2, 0.25) is 5.02 Å². The van der Waals surface area contributed by atoms with Gasteiger partial charge in [0, 0.05) is 5.56 Å². The van der Waals surface area contributed by atoms with Crippen LogP contribution in [0.15, 0.2) is 30.3 Å². The van der Waals surface area contributed by atoms with Gasteiger partial charge in [-0.2, -0.15) is 4.80 Å². The first-order valence-electron chi connectivity index (χ1n) is 7.94. The average molecular weight is 374 g/mol. The van der Waals surface area contributed by atoms with E-state index in [1.165, 1.54) is 10.9 Å². The smallest absolute Gasteiger partial charge is 0.248 e. The molecule has 0 bridgehead atoms. The third-order valence-electron chi connectivity index (χ3n) is 3.85. The molecule has 0 aliphatic heterocycles. The number of carbonyl (C=O) groups excluding carboxylic acids is 1. The third kappa shape index (κ3) is 3.88. The molecule has 0 atom stereocenters. The van der Waals surface area contributed by atoms with E-state index in [1.54, 1.807) is 25.1 Å². The van der Waals surface area contributed by atoms with Crippen LogP contribution in [0.3, 0.4) is 0 Å². The van der Waals surface area contributed by atoms with Crippen molar-refractivity contribution in [1.29, 1.82) is 0 Å². The summed E-state index contributed by atoms with van der Waals surface area (Å²) in [5, 5.41) is 15.2. The second-order valence-corrected chi connectivity index (χ2v) is 6.50. The van der Waals surface area contributed by atoms with Gasteiger partial charge in [0.25, 0.3) is 0 Å². The van der Waals surface area contributed by atoms with Gasteiger partial charge < -0.3 is 5.32 Å². The molecule has 3 aromatic rings. The standard InChI is InChI=1S/C18H17ClFN5O/c1-10-6-12(3)17(14(19)7-10)21-16(26)9-25-23-18(22-24-25)13-4-5-15(20)11(2)8-13/h4-8H,9H2,1-3H3,(H,21,26). The maximum atomic E-state index is 13.4. The number of amides is 1. The second kappa shape index (κ2) is 7.21. The fraction of sp³-hybridized carbons (Fsp3) is 0.222. The molecule has 1 heterocycles. The van der Waals surface area contributed by atoms with Crippen molar-refractivity contribution >= 4 is 23.2 Å². The predicted molar refractivity (Wildman–Crippen MR) is 97.5 cm³/mol. The van der Waals surface area contributed by atoms with Crippen LogP contribution in [-0.2, 0) is 11.3 Å². The molecule has 134 valence electrons. The summed E-state index contributed by atoms with van der Waals surface area (Å²) in [5.41, 5.74) is 3.57. The molecule has 1 amide bonds. The van der Waals surface area contributed by atoms with E-state index in [-0.39, 0.29) is 18.3 Å². The first-order chi connectivity index (χ1) is 12.3. The SMILES string of the molecule is Cc1cc(C)c(NC(=O)Cn2nnc(-c3ccc(F)c(C)c3)n2)c(Cl)c1. The molecular weight excluding hydrogens is 357 g/mol. The Labute approximate surface area is 155 Å². The van der Waals surface area contributed by atoms with Gasteiger partial charge in [-0.15, -0.1) is 10.2 Å². The number of aryl methyl sites for hydroxylation is 3. The lowest BCUT2D eigenvalue weighted by molar-refractivity contribution is -0.117. The molecule has 0 aliphatic rings. The minimum Gasteiger partial charge on any atom is -0.323 e. The molecule has 0 saturated heterocycles. The van der Waals surface area contributed by atoms with E-state index in [1.807, 2.05) is 19.9 Å². The van der Waals surface area contributed by atoms with Gasteiger partial charge in [-0.3, -0.25) is 4.79 Å². The Morgan fingerprint density at radius 2 is 1.96 bits per heavy atom. The van der Waals surface area contributed by atoms with E-state index in [2.05, 4.69) is 20.7 Å². The zero-order valence-electron chi connectivity index (χ0n) is 14.5. The maximum absolute atomic E-state index is 13.4. The summed E-state index contributed by atoms with van der Waals surface area (Å²) in [4.78, 5) is 13.4. The highest BCUT2D eigenvalue weighted by Crippen LogP contribution is 2.27. The maximum Gasteiger partial charge on any atom is 0.248 e. The minimum absolute atomic E-state index is 0.114. The Bertz CT molecular complexity index is 962. The monoisotopic (exact) mass is 373 g/mol. The largest absolute Gasteiger partial charge is 0.323 e. The Morgan fingerprint density at radius 1 is 1.19 bits per heavy atom. The summed E-state index contributed by atoms with van der Waals surface area (Å²) in [6, 6.07) is 8.27. The van der Waals surface area contributed by atoms with Crippen LogP contribution in [0.4, 0.5) is 10.1 Å². The van der Waals surface area contributed by atoms with Crippen LogP contribution in [0.1, 0.15) is 16.7 Å². The van der Waals surface area contributed by atoms with Crippen molar-refractivity contribution in [3.63, 3.8) is 0 Å². The molecule has 2 aromatic carbocycles. The zero-order chi connectivity index (χ0) is 18.8. The Morgan fingerprint density at radius 3 is 2.65 bits per heavy atom. The van der Waals surface area contributed by atoms with E-state index in [0.717, 1.165) is 11.1 Å². The average Bonchev–Trinajstić information content (AvgIpc) is 3.02. The van der Waals surface area contributed by atoms with Crippen LogP contribution in [0, 0.1) is 26.6 Å². The van der Waals surface area contributed by atoms with Crippen molar-refractivity contribution in [1.82, 2.24) is 20.2 Å². The second-order valence-electron chi connectivity index (χ2n) is 6.09. The number of hydrogen-bond donors (Lipinski definition) is 1. The molecule has 0 fully saturated rings. The first kappa shape index (κ1) is 18.0. The fourth-order valence-electron chi connectivity index (χ4n) is 2.59. The van der Waals surface area contributed by atoms with Gasteiger partial charge in [-0.1, -0.05) is 17.7 Å². The number of halogens is 2. The highest BCUT2D eigenvalue weighted by molar-refractivity contribution is 6.34. The number of hydrogen-bond acceptors (Lipinski definition) is 4. The van der Waals surface area contributed by atoms with Crippen LogP contribution >= 0.6 is 11.6 Å². The van der Waals surface area contributed by atoms with Gasteiger partial charge in [0.1, 0.15) is 12.4 Å². The van der Waals surface area contributed by atoms with Gasteiger partial charge in [-0.25, -0.2) is 4.39 Å². The Kier molecular flexibility index (Phi) is 4.99. The summed E-state index contributed by atoms with van der Waals surface area (Å²) in [7, 11) is 0. The van der Waals surface area contributed by atoms with Gasteiger partial charge in [0.05, 0.1) is 10.7 Å². The van der Waals surface area contributed by atoms with Crippen molar-refractivity contribution in [3.05, 3.63) is 57.9 Å². The molecule has 26 heavy (non-hydrogen) atoms. The van der Waals surface area contributed by atoms with E-state index in [0.29, 0.717) is 27.7 Å². The number of nitrogens with zero attached hydrogens (tertiary/aromatic N) is 4. The molecule has 1 aromatic heterocycles. The summed E-state index contributed by atoms with van der Waals surface area (Å²) in [5.74, 6) is -0.297. The molecule has 0 unspecified atom stereocenters. The summed E-state index contributed by atoms with van der Waals surface area (Å²) in [6.45, 7) is 5.35.